The Hall–Kier alpha value is -1.38. The van der Waals surface area contributed by atoms with Crippen LogP contribution in [0.2, 0.25) is 0 Å². The van der Waals surface area contributed by atoms with Gasteiger partial charge in [-0.2, -0.15) is 0 Å². The SMILES string of the molecule is OCc1cc(OCC(O)CO)cc(OCC(O)CO)c1. The Kier molecular flexibility index (Phi) is 7.27. The molecule has 0 amide bonds. The standard InChI is InChI=1S/C13H20O7/c14-4-9-1-12(19-7-10(17)5-15)3-13(2-9)20-8-11(18)6-16/h1-3,10-11,14-18H,4-8H2. The topological polar surface area (TPSA) is 120 Å². The van der Waals surface area contributed by atoms with Gasteiger partial charge in [-0.3, -0.25) is 0 Å². The number of hydrogen-bond acceptors (Lipinski definition) is 7. The predicted octanol–water partition coefficient (Wildman–Crippen LogP) is -1.36. The molecule has 1 rings (SSSR count). The number of aliphatic hydroxyl groups is 5. The summed E-state index contributed by atoms with van der Waals surface area (Å²) in [4.78, 5) is 0. The molecular formula is C13H20O7. The maximum Gasteiger partial charge on any atom is 0.123 e. The van der Waals surface area contributed by atoms with Gasteiger partial charge in [-0.25, -0.2) is 0 Å². The molecule has 1 aromatic rings. The Balaban J connectivity index is 2.69. The highest BCUT2D eigenvalue weighted by Gasteiger charge is 2.08. The van der Waals surface area contributed by atoms with E-state index >= 15 is 0 Å². The van der Waals surface area contributed by atoms with E-state index in [2.05, 4.69) is 0 Å². The Labute approximate surface area is 116 Å². The Morgan fingerprint density at radius 3 is 1.60 bits per heavy atom. The monoisotopic (exact) mass is 288 g/mol. The van der Waals surface area contributed by atoms with Crippen LogP contribution in [0.1, 0.15) is 5.56 Å². The van der Waals surface area contributed by atoms with Crippen molar-refractivity contribution in [1.82, 2.24) is 0 Å². The Morgan fingerprint density at radius 1 is 0.800 bits per heavy atom. The van der Waals surface area contributed by atoms with Gasteiger partial charge in [0.1, 0.15) is 36.9 Å². The van der Waals surface area contributed by atoms with Crippen molar-refractivity contribution in [1.29, 1.82) is 0 Å². The second kappa shape index (κ2) is 8.72. The zero-order valence-corrected chi connectivity index (χ0v) is 11.0. The molecule has 7 nitrogen and oxygen atoms in total. The lowest BCUT2D eigenvalue weighted by molar-refractivity contribution is 0.0511. The van der Waals surface area contributed by atoms with E-state index in [-0.39, 0.29) is 19.8 Å². The van der Waals surface area contributed by atoms with Gasteiger partial charge < -0.3 is 35.0 Å². The van der Waals surface area contributed by atoms with Gasteiger partial charge in [0.15, 0.2) is 0 Å². The van der Waals surface area contributed by atoms with Crippen molar-refractivity contribution in [3.63, 3.8) is 0 Å². The fourth-order valence-electron chi connectivity index (χ4n) is 1.38. The fourth-order valence-corrected chi connectivity index (χ4v) is 1.38. The fraction of sp³-hybridized carbons (Fsp3) is 0.538. The summed E-state index contributed by atoms with van der Waals surface area (Å²) in [7, 11) is 0. The summed E-state index contributed by atoms with van der Waals surface area (Å²) in [6.45, 7) is -1.23. The molecule has 7 heteroatoms. The number of ether oxygens (including phenoxy) is 2. The average molecular weight is 288 g/mol. The Bertz CT molecular complexity index is 364. The summed E-state index contributed by atoms with van der Waals surface area (Å²) in [5.41, 5.74) is 0.537. The smallest absolute Gasteiger partial charge is 0.123 e. The molecule has 1 aromatic carbocycles. The van der Waals surface area contributed by atoms with E-state index in [1.807, 2.05) is 0 Å². The molecule has 0 saturated carbocycles. The Morgan fingerprint density at radius 2 is 1.25 bits per heavy atom. The van der Waals surface area contributed by atoms with Crippen LogP contribution < -0.4 is 9.47 Å². The van der Waals surface area contributed by atoms with E-state index in [4.69, 9.17) is 24.8 Å². The highest BCUT2D eigenvalue weighted by molar-refractivity contribution is 5.38. The van der Waals surface area contributed by atoms with Gasteiger partial charge in [0, 0.05) is 6.07 Å². The lowest BCUT2D eigenvalue weighted by atomic mass is 10.2. The molecule has 0 aliphatic carbocycles. The van der Waals surface area contributed by atoms with Crippen molar-refractivity contribution in [3.8, 4) is 11.5 Å². The van der Waals surface area contributed by atoms with Gasteiger partial charge in [0.2, 0.25) is 0 Å². The molecule has 0 aromatic heterocycles. The second-order valence-electron chi connectivity index (χ2n) is 4.27. The number of aliphatic hydroxyl groups excluding tert-OH is 5. The van der Waals surface area contributed by atoms with E-state index in [1.54, 1.807) is 12.1 Å². The van der Waals surface area contributed by atoms with Crippen LogP contribution in [-0.2, 0) is 6.61 Å². The first-order valence-electron chi connectivity index (χ1n) is 6.17. The highest BCUT2D eigenvalue weighted by atomic mass is 16.5. The van der Waals surface area contributed by atoms with Gasteiger partial charge in [-0.05, 0) is 17.7 Å². The van der Waals surface area contributed by atoms with Crippen molar-refractivity contribution < 1.29 is 35.0 Å². The summed E-state index contributed by atoms with van der Waals surface area (Å²) in [5, 5.41) is 44.9. The summed E-state index contributed by atoms with van der Waals surface area (Å²) < 4.78 is 10.5. The normalized spacial score (nSPS) is 13.8. The number of hydrogen-bond donors (Lipinski definition) is 5. The van der Waals surface area contributed by atoms with Gasteiger partial charge in [-0.15, -0.1) is 0 Å². The first kappa shape index (κ1) is 16.7. The maximum atomic E-state index is 9.21. The van der Waals surface area contributed by atoms with Crippen LogP contribution in [0.25, 0.3) is 0 Å². The van der Waals surface area contributed by atoms with Crippen LogP contribution in [0.5, 0.6) is 11.5 Å². The summed E-state index contributed by atoms with van der Waals surface area (Å²) in [6, 6.07) is 4.66. The van der Waals surface area contributed by atoms with Crippen molar-refractivity contribution in [2.45, 2.75) is 18.8 Å². The maximum absolute atomic E-state index is 9.21. The molecule has 0 fully saturated rings. The van der Waals surface area contributed by atoms with Crippen LogP contribution in [0.3, 0.4) is 0 Å². The third-order valence-electron chi connectivity index (χ3n) is 2.43. The summed E-state index contributed by atoms with van der Waals surface area (Å²) >= 11 is 0. The second-order valence-corrected chi connectivity index (χ2v) is 4.27. The molecule has 2 atom stereocenters. The highest BCUT2D eigenvalue weighted by Crippen LogP contribution is 2.23. The van der Waals surface area contributed by atoms with E-state index in [0.717, 1.165) is 0 Å². The van der Waals surface area contributed by atoms with E-state index in [9.17, 15) is 10.2 Å². The number of rotatable bonds is 9. The third kappa shape index (κ3) is 5.72. The molecule has 0 bridgehead atoms. The molecule has 0 spiro atoms. The van der Waals surface area contributed by atoms with Crippen molar-refractivity contribution in [2.75, 3.05) is 26.4 Å². The van der Waals surface area contributed by atoms with Crippen LogP contribution in [-0.4, -0.2) is 64.2 Å². The minimum absolute atomic E-state index is 0.0932. The van der Waals surface area contributed by atoms with Crippen molar-refractivity contribution in [2.24, 2.45) is 0 Å². The van der Waals surface area contributed by atoms with Crippen LogP contribution in [0, 0.1) is 0 Å². The van der Waals surface area contributed by atoms with Crippen LogP contribution in [0.15, 0.2) is 18.2 Å². The molecular weight excluding hydrogens is 268 g/mol. The van der Waals surface area contributed by atoms with Gasteiger partial charge in [-0.1, -0.05) is 0 Å². The first-order valence-corrected chi connectivity index (χ1v) is 6.17. The summed E-state index contributed by atoms with van der Waals surface area (Å²) in [5.74, 6) is 0.718. The van der Waals surface area contributed by atoms with Crippen LogP contribution in [0.4, 0.5) is 0 Å². The quantitative estimate of drug-likeness (QED) is 0.381. The van der Waals surface area contributed by atoms with Crippen molar-refractivity contribution in [3.05, 3.63) is 23.8 Å². The number of benzene rings is 1. The molecule has 20 heavy (non-hydrogen) atoms. The zero-order valence-electron chi connectivity index (χ0n) is 11.0. The minimum atomic E-state index is -0.992. The third-order valence-corrected chi connectivity index (χ3v) is 2.43. The van der Waals surface area contributed by atoms with Gasteiger partial charge >= 0.3 is 0 Å². The van der Waals surface area contributed by atoms with E-state index in [0.29, 0.717) is 17.1 Å². The van der Waals surface area contributed by atoms with E-state index < -0.39 is 25.4 Å². The molecule has 0 heterocycles. The van der Waals surface area contributed by atoms with Gasteiger partial charge in [0.05, 0.1) is 19.8 Å². The molecule has 0 saturated heterocycles. The molecule has 0 radical (unpaired) electrons. The van der Waals surface area contributed by atoms with Gasteiger partial charge in [0.25, 0.3) is 0 Å². The van der Waals surface area contributed by atoms with Crippen LogP contribution >= 0.6 is 0 Å². The molecule has 2 unspecified atom stereocenters. The van der Waals surface area contributed by atoms with Crippen molar-refractivity contribution >= 4 is 0 Å². The molecule has 114 valence electrons. The first-order chi connectivity index (χ1) is 9.58. The minimum Gasteiger partial charge on any atom is -0.491 e. The largest absolute Gasteiger partial charge is 0.491 e. The lowest BCUT2D eigenvalue weighted by Gasteiger charge is -2.14. The lowest BCUT2D eigenvalue weighted by Crippen LogP contribution is -2.22. The molecule has 5 N–H and O–H groups in total. The molecule has 0 aliphatic rings. The van der Waals surface area contributed by atoms with E-state index in [1.165, 1.54) is 6.07 Å². The predicted molar refractivity (Wildman–Crippen MR) is 69.5 cm³/mol. The zero-order chi connectivity index (χ0) is 15.0. The molecule has 0 aliphatic heterocycles. The summed E-state index contributed by atoms with van der Waals surface area (Å²) in [6.07, 6.45) is -1.98. The average Bonchev–Trinajstić information content (AvgIpc) is 2.49.